The molecule has 2 rings (SSSR count). The Hall–Kier alpha value is -1.14. The van der Waals surface area contributed by atoms with Crippen LogP contribution in [0.25, 0.3) is 0 Å². The number of likely N-dealkylation sites (tertiary alicyclic amines) is 1. The van der Waals surface area contributed by atoms with E-state index in [0.717, 1.165) is 30.3 Å². The van der Waals surface area contributed by atoms with Gasteiger partial charge in [0.15, 0.2) is 0 Å². The Bertz CT molecular complexity index is 487. The van der Waals surface area contributed by atoms with Crippen molar-refractivity contribution in [3.63, 3.8) is 0 Å². The molecule has 1 N–H and O–H groups in total. The number of ether oxygens (including phenoxy) is 1. The van der Waals surface area contributed by atoms with Crippen molar-refractivity contribution in [2.45, 2.75) is 40.2 Å². The number of esters is 1. The van der Waals surface area contributed by atoms with E-state index in [1.165, 1.54) is 18.0 Å². The molecule has 21 heavy (non-hydrogen) atoms. The fourth-order valence-corrected chi connectivity index (χ4v) is 3.46. The summed E-state index contributed by atoms with van der Waals surface area (Å²) in [6.45, 7) is 11.7. The number of aromatic nitrogens is 1. The summed E-state index contributed by atoms with van der Waals surface area (Å²) in [5.74, 6) is 0.353. The number of hydrogen-bond acceptors (Lipinski definition) is 6. The monoisotopic (exact) mass is 311 g/mol. The summed E-state index contributed by atoms with van der Waals surface area (Å²) in [5.41, 5.74) is 1.34. The molecule has 2 heterocycles. The Kier molecular flexibility index (Phi) is 5.58. The van der Waals surface area contributed by atoms with Gasteiger partial charge in [0.1, 0.15) is 10.6 Å². The van der Waals surface area contributed by atoms with E-state index in [1.54, 1.807) is 0 Å². The van der Waals surface area contributed by atoms with Crippen LogP contribution >= 0.6 is 11.5 Å². The van der Waals surface area contributed by atoms with Gasteiger partial charge in [-0.05, 0) is 58.1 Å². The van der Waals surface area contributed by atoms with Crippen molar-refractivity contribution in [3.8, 4) is 0 Å². The number of carbonyl (C=O) groups excluding carboxylic acids is 1. The normalized spacial score (nSPS) is 19.2. The molecule has 118 valence electrons. The molecule has 0 amide bonds. The van der Waals surface area contributed by atoms with Crippen molar-refractivity contribution in [2.24, 2.45) is 5.92 Å². The van der Waals surface area contributed by atoms with E-state index in [-0.39, 0.29) is 5.97 Å². The molecule has 1 unspecified atom stereocenters. The summed E-state index contributed by atoms with van der Waals surface area (Å²) in [6.07, 6.45) is 1.21. The highest BCUT2D eigenvalue weighted by Gasteiger charge is 2.25. The molecule has 0 aromatic carbocycles. The maximum absolute atomic E-state index is 12.0. The van der Waals surface area contributed by atoms with E-state index in [1.807, 2.05) is 13.8 Å². The van der Waals surface area contributed by atoms with Crippen LogP contribution in [0, 0.1) is 12.8 Å². The maximum Gasteiger partial charge on any atom is 0.343 e. The van der Waals surface area contributed by atoms with Gasteiger partial charge in [-0.15, -0.1) is 0 Å². The van der Waals surface area contributed by atoms with Gasteiger partial charge in [-0.3, -0.25) is 0 Å². The van der Waals surface area contributed by atoms with Crippen LogP contribution in [0.1, 0.15) is 43.2 Å². The average molecular weight is 311 g/mol. The number of aryl methyl sites for hydroxylation is 1. The van der Waals surface area contributed by atoms with Gasteiger partial charge in [0.05, 0.1) is 12.3 Å². The first-order valence-corrected chi connectivity index (χ1v) is 8.41. The quantitative estimate of drug-likeness (QED) is 0.819. The lowest BCUT2D eigenvalue weighted by Crippen LogP contribution is -2.29. The van der Waals surface area contributed by atoms with Crippen molar-refractivity contribution >= 4 is 22.5 Å². The lowest BCUT2D eigenvalue weighted by atomic mass is 10.1. The first-order valence-electron chi connectivity index (χ1n) is 7.64. The molecule has 0 spiro atoms. The first kappa shape index (κ1) is 16.2. The van der Waals surface area contributed by atoms with Crippen LogP contribution in [0.3, 0.4) is 0 Å². The number of hydrogen-bond donors (Lipinski definition) is 1. The molecule has 0 aliphatic carbocycles. The minimum Gasteiger partial charge on any atom is -0.462 e. The molecule has 1 aliphatic heterocycles. The zero-order valence-electron chi connectivity index (χ0n) is 13.3. The Labute approximate surface area is 130 Å². The summed E-state index contributed by atoms with van der Waals surface area (Å²) in [5, 5.41) is 4.24. The van der Waals surface area contributed by atoms with Crippen molar-refractivity contribution in [2.75, 3.05) is 31.6 Å². The van der Waals surface area contributed by atoms with Gasteiger partial charge in [0.2, 0.25) is 0 Å². The van der Waals surface area contributed by atoms with Crippen LogP contribution in [-0.2, 0) is 4.74 Å². The third kappa shape index (κ3) is 3.95. The predicted molar refractivity (Wildman–Crippen MR) is 86.1 cm³/mol. The minimum atomic E-state index is -0.276. The topological polar surface area (TPSA) is 54.5 Å². The Balaban J connectivity index is 1.94. The average Bonchev–Trinajstić information content (AvgIpc) is 3.03. The van der Waals surface area contributed by atoms with Crippen LogP contribution in [0.5, 0.6) is 0 Å². The van der Waals surface area contributed by atoms with Gasteiger partial charge >= 0.3 is 5.97 Å². The van der Waals surface area contributed by atoms with E-state index >= 15 is 0 Å². The molecule has 1 atom stereocenters. The fraction of sp³-hybridized carbons (Fsp3) is 0.733. The smallest absolute Gasteiger partial charge is 0.343 e. The molecular weight excluding hydrogens is 286 g/mol. The molecule has 1 aliphatic rings. The highest BCUT2D eigenvalue weighted by molar-refractivity contribution is 7.10. The summed E-state index contributed by atoms with van der Waals surface area (Å²) in [6, 6.07) is 0.607. The SMILES string of the molecule is CCOC(=O)c1c(C)nsc1NCC1CCN(C(C)C)C1. The van der Waals surface area contributed by atoms with Gasteiger partial charge in [-0.2, -0.15) is 4.37 Å². The van der Waals surface area contributed by atoms with E-state index in [0.29, 0.717) is 24.1 Å². The lowest BCUT2D eigenvalue weighted by Gasteiger charge is -2.20. The third-order valence-corrected chi connectivity index (χ3v) is 4.84. The maximum atomic E-state index is 12.0. The molecule has 1 aromatic heterocycles. The standard InChI is InChI=1S/C15H25N3O2S/c1-5-20-15(19)13-11(4)17-21-14(13)16-8-12-6-7-18(9-12)10(2)3/h10,12,16H,5-9H2,1-4H3. The Morgan fingerprint density at radius 1 is 1.57 bits per heavy atom. The van der Waals surface area contributed by atoms with Gasteiger partial charge in [-0.1, -0.05) is 0 Å². The van der Waals surface area contributed by atoms with E-state index in [9.17, 15) is 4.79 Å². The molecular formula is C15H25N3O2S. The Morgan fingerprint density at radius 2 is 2.33 bits per heavy atom. The third-order valence-electron chi connectivity index (χ3n) is 3.94. The van der Waals surface area contributed by atoms with Crippen molar-refractivity contribution in [3.05, 3.63) is 11.3 Å². The molecule has 1 fully saturated rings. The minimum absolute atomic E-state index is 0.276. The van der Waals surface area contributed by atoms with Crippen LogP contribution in [0.15, 0.2) is 0 Å². The van der Waals surface area contributed by atoms with Crippen LogP contribution in [-0.4, -0.2) is 47.5 Å². The van der Waals surface area contributed by atoms with Gasteiger partial charge in [0, 0.05) is 19.1 Å². The second-order valence-electron chi connectivity index (χ2n) is 5.82. The van der Waals surface area contributed by atoms with E-state index < -0.39 is 0 Å². The lowest BCUT2D eigenvalue weighted by molar-refractivity contribution is 0.0527. The molecule has 1 aromatic rings. The summed E-state index contributed by atoms with van der Waals surface area (Å²) >= 11 is 1.35. The number of nitrogens with one attached hydrogen (secondary N) is 1. The summed E-state index contributed by atoms with van der Waals surface area (Å²) < 4.78 is 9.38. The van der Waals surface area contributed by atoms with Crippen LogP contribution in [0.2, 0.25) is 0 Å². The van der Waals surface area contributed by atoms with Gasteiger partial charge < -0.3 is 15.0 Å². The largest absolute Gasteiger partial charge is 0.462 e. The molecule has 0 saturated carbocycles. The van der Waals surface area contributed by atoms with Gasteiger partial charge in [-0.25, -0.2) is 4.79 Å². The number of anilines is 1. The van der Waals surface area contributed by atoms with Crippen molar-refractivity contribution in [1.29, 1.82) is 0 Å². The van der Waals surface area contributed by atoms with E-state index in [2.05, 4.69) is 28.4 Å². The zero-order chi connectivity index (χ0) is 15.4. The zero-order valence-corrected chi connectivity index (χ0v) is 14.1. The highest BCUT2D eigenvalue weighted by atomic mass is 32.1. The van der Waals surface area contributed by atoms with Gasteiger partial charge in [0.25, 0.3) is 0 Å². The molecule has 0 bridgehead atoms. The summed E-state index contributed by atoms with van der Waals surface area (Å²) in [4.78, 5) is 14.5. The molecule has 5 nitrogen and oxygen atoms in total. The molecule has 6 heteroatoms. The fourth-order valence-electron chi connectivity index (χ4n) is 2.67. The number of rotatable bonds is 6. The second-order valence-corrected chi connectivity index (χ2v) is 6.59. The molecule has 1 saturated heterocycles. The number of nitrogens with zero attached hydrogens (tertiary/aromatic N) is 2. The van der Waals surface area contributed by atoms with Crippen molar-refractivity contribution < 1.29 is 9.53 Å². The van der Waals surface area contributed by atoms with Crippen molar-refractivity contribution in [1.82, 2.24) is 9.27 Å². The van der Waals surface area contributed by atoms with E-state index in [4.69, 9.17) is 4.74 Å². The highest BCUT2D eigenvalue weighted by Crippen LogP contribution is 2.27. The number of carbonyl (C=O) groups is 1. The summed E-state index contributed by atoms with van der Waals surface area (Å²) in [7, 11) is 0. The van der Waals surface area contributed by atoms with Crippen LogP contribution < -0.4 is 5.32 Å². The molecule has 0 radical (unpaired) electrons. The predicted octanol–water partition coefficient (Wildman–Crippen LogP) is 2.77. The first-order chi connectivity index (χ1) is 10.0. The van der Waals surface area contributed by atoms with Crippen LogP contribution in [0.4, 0.5) is 5.00 Å². The second kappa shape index (κ2) is 7.22. The Morgan fingerprint density at radius 3 is 2.95 bits per heavy atom.